The highest BCUT2D eigenvalue weighted by Crippen LogP contribution is 2.23. The van der Waals surface area contributed by atoms with Crippen LogP contribution in [0.1, 0.15) is 37.6 Å². The number of aromatic nitrogens is 3. The van der Waals surface area contributed by atoms with Gasteiger partial charge in [0.25, 0.3) is 0 Å². The number of rotatable bonds is 7. The van der Waals surface area contributed by atoms with Crippen LogP contribution in [0.3, 0.4) is 0 Å². The van der Waals surface area contributed by atoms with E-state index >= 15 is 0 Å². The molecule has 0 fully saturated rings. The molecule has 1 aromatic carbocycles. The predicted octanol–water partition coefficient (Wildman–Crippen LogP) is 3.34. The number of likely N-dealkylation sites (N-methyl/N-ethyl adjacent to an activating group) is 1. The maximum atomic E-state index is 4.19. The quantitative estimate of drug-likeness (QED) is 0.843. The molecule has 1 atom stereocenters. The number of nitrogens with zero attached hydrogens (tertiary/aromatic N) is 3. The Morgan fingerprint density at radius 1 is 1.30 bits per heavy atom. The fourth-order valence-electron chi connectivity index (χ4n) is 2.33. The molecule has 0 bridgehead atoms. The van der Waals surface area contributed by atoms with E-state index in [0.717, 1.165) is 36.1 Å². The molecule has 1 heterocycles. The molecule has 1 unspecified atom stereocenters. The van der Waals surface area contributed by atoms with Crippen molar-refractivity contribution in [3.05, 3.63) is 46.2 Å². The molecular formula is C15H21BrN4. The van der Waals surface area contributed by atoms with Crippen molar-refractivity contribution in [1.29, 1.82) is 0 Å². The highest BCUT2D eigenvalue weighted by atomic mass is 79.9. The van der Waals surface area contributed by atoms with E-state index in [1.165, 1.54) is 5.56 Å². The topological polar surface area (TPSA) is 42.7 Å². The summed E-state index contributed by atoms with van der Waals surface area (Å²) in [6.07, 6.45) is 3.86. The lowest BCUT2D eigenvalue weighted by Gasteiger charge is -2.19. The molecule has 2 aromatic rings. The minimum absolute atomic E-state index is 0.236. The van der Waals surface area contributed by atoms with Crippen LogP contribution >= 0.6 is 15.9 Å². The Morgan fingerprint density at radius 2 is 2.10 bits per heavy atom. The van der Waals surface area contributed by atoms with Crippen molar-refractivity contribution < 1.29 is 0 Å². The van der Waals surface area contributed by atoms with Gasteiger partial charge in [-0.25, -0.2) is 4.68 Å². The third-order valence-electron chi connectivity index (χ3n) is 3.27. The monoisotopic (exact) mass is 336 g/mol. The van der Waals surface area contributed by atoms with E-state index in [9.17, 15) is 0 Å². The Morgan fingerprint density at radius 3 is 2.80 bits per heavy atom. The summed E-state index contributed by atoms with van der Waals surface area (Å²) < 4.78 is 3.15. The number of hydrogen-bond acceptors (Lipinski definition) is 3. The van der Waals surface area contributed by atoms with Crippen LogP contribution in [0.25, 0.3) is 0 Å². The second kappa shape index (κ2) is 7.55. The average Bonchev–Trinajstić information content (AvgIpc) is 2.89. The van der Waals surface area contributed by atoms with Gasteiger partial charge in [-0.1, -0.05) is 53.2 Å². The number of halogens is 1. The number of hydrogen-bond donors (Lipinski definition) is 1. The fraction of sp³-hybridized carbons (Fsp3) is 0.467. The van der Waals surface area contributed by atoms with Gasteiger partial charge in [-0.3, -0.25) is 0 Å². The Bertz CT molecular complexity index is 538. The van der Waals surface area contributed by atoms with Crippen LogP contribution in [-0.2, 0) is 13.0 Å². The molecule has 0 radical (unpaired) electrons. The summed E-state index contributed by atoms with van der Waals surface area (Å²) in [5, 5.41) is 11.8. The summed E-state index contributed by atoms with van der Waals surface area (Å²) in [6.45, 7) is 6.11. The standard InChI is InChI=1S/C15H21BrN4/c1-3-9-20-15(11-18-19-20)14(17-4-2)10-12-7-5-6-8-13(12)16/h5-8,11,14,17H,3-4,9-10H2,1-2H3. The smallest absolute Gasteiger partial charge is 0.0759 e. The molecule has 0 amide bonds. The highest BCUT2D eigenvalue weighted by Gasteiger charge is 2.17. The SMILES string of the molecule is CCCn1nncc1C(Cc1ccccc1Br)NCC. The van der Waals surface area contributed by atoms with Crippen molar-refractivity contribution in [3.8, 4) is 0 Å². The second-order valence-electron chi connectivity index (χ2n) is 4.79. The molecule has 1 aromatic heterocycles. The molecule has 0 aliphatic carbocycles. The summed E-state index contributed by atoms with van der Waals surface area (Å²) in [6, 6.07) is 8.59. The van der Waals surface area contributed by atoms with Gasteiger partial charge in [-0.2, -0.15) is 0 Å². The Hall–Kier alpha value is -1.20. The van der Waals surface area contributed by atoms with Crippen molar-refractivity contribution in [2.75, 3.05) is 6.54 Å². The lowest BCUT2D eigenvalue weighted by molar-refractivity contribution is 0.473. The molecule has 0 saturated carbocycles. The number of benzene rings is 1. The molecule has 1 N–H and O–H groups in total. The van der Waals surface area contributed by atoms with E-state index in [-0.39, 0.29) is 6.04 Å². The van der Waals surface area contributed by atoms with E-state index in [1.807, 2.05) is 16.9 Å². The largest absolute Gasteiger partial charge is 0.309 e. The molecular weight excluding hydrogens is 316 g/mol. The lowest BCUT2D eigenvalue weighted by atomic mass is 10.0. The normalized spacial score (nSPS) is 12.6. The predicted molar refractivity (Wildman–Crippen MR) is 84.6 cm³/mol. The first-order valence-electron chi connectivity index (χ1n) is 7.11. The molecule has 108 valence electrons. The first kappa shape index (κ1) is 15.2. The molecule has 0 aliphatic rings. The van der Waals surface area contributed by atoms with Crippen molar-refractivity contribution >= 4 is 15.9 Å². The summed E-state index contributed by atoms with van der Waals surface area (Å²) in [7, 11) is 0. The van der Waals surface area contributed by atoms with Crippen LogP contribution in [0.15, 0.2) is 34.9 Å². The zero-order chi connectivity index (χ0) is 14.4. The third kappa shape index (κ3) is 3.67. The van der Waals surface area contributed by atoms with Crippen LogP contribution in [0, 0.1) is 0 Å². The van der Waals surface area contributed by atoms with Crippen LogP contribution in [0.5, 0.6) is 0 Å². The molecule has 4 nitrogen and oxygen atoms in total. The zero-order valence-corrected chi connectivity index (χ0v) is 13.6. The Kier molecular flexibility index (Phi) is 5.73. The molecule has 0 spiro atoms. The molecule has 0 aliphatic heterocycles. The first-order chi connectivity index (χ1) is 9.76. The van der Waals surface area contributed by atoms with Gasteiger partial charge in [0, 0.05) is 11.0 Å². The van der Waals surface area contributed by atoms with Crippen LogP contribution < -0.4 is 5.32 Å². The summed E-state index contributed by atoms with van der Waals surface area (Å²) >= 11 is 3.62. The van der Waals surface area contributed by atoms with E-state index in [2.05, 4.69) is 63.6 Å². The Labute approximate surface area is 128 Å². The van der Waals surface area contributed by atoms with Gasteiger partial charge in [0.05, 0.1) is 17.9 Å². The van der Waals surface area contributed by atoms with Gasteiger partial charge in [0.15, 0.2) is 0 Å². The van der Waals surface area contributed by atoms with Crippen molar-refractivity contribution in [1.82, 2.24) is 20.3 Å². The maximum absolute atomic E-state index is 4.19. The zero-order valence-electron chi connectivity index (χ0n) is 12.0. The van der Waals surface area contributed by atoms with E-state index < -0.39 is 0 Å². The summed E-state index contributed by atoms with van der Waals surface area (Å²) in [4.78, 5) is 0. The van der Waals surface area contributed by atoms with Crippen molar-refractivity contribution in [2.45, 2.75) is 39.3 Å². The number of nitrogens with one attached hydrogen (secondary N) is 1. The fourth-order valence-corrected chi connectivity index (χ4v) is 2.78. The third-order valence-corrected chi connectivity index (χ3v) is 4.05. The minimum Gasteiger partial charge on any atom is -0.309 e. The van der Waals surface area contributed by atoms with Gasteiger partial charge in [-0.05, 0) is 31.0 Å². The van der Waals surface area contributed by atoms with Crippen molar-refractivity contribution in [2.24, 2.45) is 0 Å². The van der Waals surface area contributed by atoms with Gasteiger partial charge in [0.2, 0.25) is 0 Å². The highest BCUT2D eigenvalue weighted by molar-refractivity contribution is 9.10. The van der Waals surface area contributed by atoms with Gasteiger partial charge in [-0.15, -0.1) is 5.10 Å². The maximum Gasteiger partial charge on any atom is 0.0759 e. The first-order valence-corrected chi connectivity index (χ1v) is 7.90. The van der Waals surface area contributed by atoms with Gasteiger partial charge in [0.1, 0.15) is 0 Å². The summed E-state index contributed by atoms with van der Waals surface area (Å²) in [5.41, 5.74) is 2.45. The van der Waals surface area contributed by atoms with Gasteiger partial charge < -0.3 is 5.32 Å². The van der Waals surface area contributed by atoms with Crippen LogP contribution in [0.2, 0.25) is 0 Å². The number of aryl methyl sites for hydroxylation is 1. The molecule has 20 heavy (non-hydrogen) atoms. The van der Waals surface area contributed by atoms with Crippen LogP contribution in [0.4, 0.5) is 0 Å². The van der Waals surface area contributed by atoms with E-state index in [0.29, 0.717) is 0 Å². The average molecular weight is 337 g/mol. The van der Waals surface area contributed by atoms with Gasteiger partial charge >= 0.3 is 0 Å². The van der Waals surface area contributed by atoms with E-state index in [1.54, 1.807) is 0 Å². The van der Waals surface area contributed by atoms with Crippen molar-refractivity contribution in [3.63, 3.8) is 0 Å². The molecule has 2 rings (SSSR count). The Balaban J connectivity index is 2.22. The lowest BCUT2D eigenvalue weighted by Crippen LogP contribution is -2.26. The van der Waals surface area contributed by atoms with E-state index in [4.69, 9.17) is 0 Å². The molecule has 5 heteroatoms. The molecule has 0 saturated heterocycles. The minimum atomic E-state index is 0.236. The second-order valence-corrected chi connectivity index (χ2v) is 5.64. The summed E-state index contributed by atoms with van der Waals surface area (Å²) in [5.74, 6) is 0. The van der Waals surface area contributed by atoms with Crippen LogP contribution in [-0.4, -0.2) is 21.5 Å².